The zero-order valence-corrected chi connectivity index (χ0v) is 11.3. The molecule has 2 heteroatoms. The molecule has 2 N–H and O–H groups in total. The summed E-state index contributed by atoms with van der Waals surface area (Å²) in [6.45, 7) is 2.05. The minimum absolute atomic E-state index is 0.172. The molecule has 0 aliphatic rings. The molecule has 2 aromatic rings. The molecule has 0 saturated carbocycles. The fourth-order valence-corrected chi connectivity index (χ4v) is 2.34. The lowest BCUT2D eigenvalue weighted by atomic mass is 9.86. The molecule has 0 bridgehead atoms. The van der Waals surface area contributed by atoms with E-state index in [9.17, 15) is 0 Å². The quantitative estimate of drug-likeness (QED) is 0.875. The lowest BCUT2D eigenvalue weighted by molar-refractivity contribution is 0.608. The average Bonchev–Trinajstić information content (AvgIpc) is 2.38. The van der Waals surface area contributed by atoms with E-state index in [1.807, 2.05) is 25.1 Å². The highest BCUT2D eigenvalue weighted by Crippen LogP contribution is 2.29. The van der Waals surface area contributed by atoms with Crippen molar-refractivity contribution in [3.63, 3.8) is 0 Å². The molecule has 0 amide bonds. The van der Waals surface area contributed by atoms with Crippen molar-refractivity contribution in [1.82, 2.24) is 0 Å². The van der Waals surface area contributed by atoms with Crippen molar-refractivity contribution in [2.75, 3.05) is 0 Å². The Morgan fingerprint density at radius 1 is 0.944 bits per heavy atom. The summed E-state index contributed by atoms with van der Waals surface area (Å²) in [6.07, 6.45) is 0.936. The van der Waals surface area contributed by atoms with Gasteiger partial charge in [-0.1, -0.05) is 54.1 Å². The zero-order valence-electron chi connectivity index (χ0n) is 10.5. The van der Waals surface area contributed by atoms with Crippen LogP contribution in [0.5, 0.6) is 0 Å². The smallest absolute Gasteiger partial charge is 0.0406 e. The van der Waals surface area contributed by atoms with Crippen molar-refractivity contribution in [3.8, 4) is 0 Å². The van der Waals surface area contributed by atoms with Crippen LogP contribution in [0.4, 0.5) is 0 Å². The van der Waals surface area contributed by atoms with Crippen LogP contribution in [0.25, 0.3) is 0 Å². The van der Waals surface area contributed by atoms with Crippen LogP contribution >= 0.6 is 11.6 Å². The van der Waals surface area contributed by atoms with Gasteiger partial charge in [-0.2, -0.15) is 0 Å². The van der Waals surface area contributed by atoms with E-state index >= 15 is 0 Å². The topological polar surface area (TPSA) is 26.0 Å². The van der Waals surface area contributed by atoms with E-state index in [0.717, 1.165) is 11.4 Å². The standard InChI is InChI=1S/C16H18ClN/c1-12(18)11-16(13-5-3-2-4-6-13)14-7-9-15(17)10-8-14/h2-10,12,16H,11,18H2,1H3. The van der Waals surface area contributed by atoms with Gasteiger partial charge in [-0.25, -0.2) is 0 Å². The van der Waals surface area contributed by atoms with Gasteiger partial charge in [0.25, 0.3) is 0 Å². The molecule has 1 nitrogen and oxygen atoms in total. The number of hydrogen-bond acceptors (Lipinski definition) is 1. The van der Waals surface area contributed by atoms with E-state index < -0.39 is 0 Å². The van der Waals surface area contributed by atoms with E-state index in [4.69, 9.17) is 17.3 Å². The van der Waals surface area contributed by atoms with Crippen LogP contribution in [0, 0.1) is 0 Å². The zero-order chi connectivity index (χ0) is 13.0. The van der Waals surface area contributed by atoms with Gasteiger partial charge >= 0.3 is 0 Å². The van der Waals surface area contributed by atoms with Crippen molar-refractivity contribution in [2.45, 2.75) is 25.3 Å². The first-order valence-electron chi connectivity index (χ1n) is 6.23. The Bertz CT molecular complexity index is 476. The van der Waals surface area contributed by atoms with Gasteiger partial charge < -0.3 is 5.73 Å². The summed E-state index contributed by atoms with van der Waals surface area (Å²) in [5.41, 5.74) is 8.54. The maximum absolute atomic E-state index is 5.97. The van der Waals surface area contributed by atoms with Gasteiger partial charge in [0.1, 0.15) is 0 Å². The number of rotatable bonds is 4. The van der Waals surface area contributed by atoms with Gasteiger partial charge in [0.15, 0.2) is 0 Å². The molecule has 0 aliphatic heterocycles. The SMILES string of the molecule is CC(N)CC(c1ccccc1)c1ccc(Cl)cc1. The fraction of sp³-hybridized carbons (Fsp3) is 0.250. The van der Waals surface area contributed by atoms with Crippen LogP contribution in [0.1, 0.15) is 30.4 Å². The molecule has 0 aliphatic carbocycles. The van der Waals surface area contributed by atoms with Gasteiger partial charge in [0.05, 0.1) is 0 Å². The minimum Gasteiger partial charge on any atom is -0.328 e. The van der Waals surface area contributed by atoms with Crippen LogP contribution in [0.2, 0.25) is 5.02 Å². The molecule has 2 rings (SSSR count). The third kappa shape index (κ3) is 3.34. The van der Waals surface area contributed by atoms with Gasteiger partial charge in [0.2, 0.25) is 0 Å². The lowest BCUT2D eigenvalue weighted by Crippen LogP contribution is -2.19. The molecule has 0 saturated heterocycles. The van der Waals surface area contributed by atoms with Crippen LogP contribution in [0.15, 0.2) is 54.6 Å². The number of nitrogens with two attached hydrogens (primary N) is 1. The summed E-state index contributed by atoms with van der Waals surface area (Å²) in [7, 11) is 0. The second kappa shape index (κ2) is 6.03. The summed E-state index contributed by atoms with van der Waals surface area (Å²) in [5.74, 6) is 0.337. The Morgan fingerprint density at radius 2 is 1.50 bits per heavy atom. The van der Waals surface area contributed by atoms with Gasteiger partial charge in [-0.15, -0.1) is 0 Å². The first-order valence-corrected chi connectivity index (χ1v) is 6.60. The van der Waals surface area contributed by atoms with E-state index in [-0.39, 0.29) is 6.04 Å². The number of halogens is 1. The Kier molecular flexibility index (Phi) is 4.40. The maximum Gasteiger partial charge on any atom is 0.0406 e. The summed E-state index contributed by atoms with van der Waals surface area (Å²) < 4.78 is 0. The molecule has 2 atom stereocenters. The van der Waals surface area contributed by atoms with Gasteiger partial charge in [-0.3, -0.25) is 0 Å². The van der Waals surface area contributed by atoms with Gasteiger partial charge in [-0.05, 0) is 36.6 Å². The molecule has 94 valence electrons. The third-order valence-corrected chi connectivity index (χ3v) is 3.33. The Balaban J connectivity index is 2.33. The van der Waals surface area contributed by atoms with E-state index in [1.54, 1.807) is 0 Å². The predicted molar refractivity (Wildman–Crippen MR) is 78.0 cm³/mol. The predicted octanol–water partition coefficient (Wildman–Crippen LogP) is 4.21. The molecule has 2 aromatic carbocycles. The van der Waals surface area contributed by atoms with E-state index in [1.165, 1.54) is 11.1 Å². The molecule has 0 aromatic heterocycles. The van der Waals surface area contributed by atoms with Crippen molar-refractivity contribution in [3.05, 3.63) is 70.7 Å². The first kappa shape index (κ1) is 13.1. The Hall–Kier alpha value is -1.31. The van der Waals surface area contributed by atoms with Crippen LogP contribution in [-0.2, 0) is 0 Å². The van der Waals surface area contributed by atoms with Crippen LogP contribution in [0.3, 0.4) is 0 Å². The number of hydrogen-bond donors (Lipinski definition) is 1. The Morgan fingerprint density at radius 3 is 2.06 bits per heavy atom. The highest BCUT2D eigenvalue weighted by Gasteiger charge is 2.15. The summed E-state index contributed by atoms with van der Waals surface area (Å²) in [4.78, 5) is 0. The fourth-order valence-electron chi connectivity index (χ4n) is 2.22. The van der Waals surface area contributed by atoms with E-state index in [0.29, 0.717) is 5.92 Å². The van der Waals surface area contributed by atoms with Crippen molar-refractivity contribution in [2.24, 2.45) is 5.73 Å². The van der Waals surface area contributed by atoms with Crippen molar-refractivity contribution in [1.29, 1.82) is 0 Å². The second-order valence-electron chi connectivity index (χ2n) is 4.73. The van der Waals surface area contributed by atoms with E-state index in [2.05, 4.69) is 36.4 Å². The second-order valence-corrected chi connectivity index (χ2v) is 5.16. The first-order chi connectivity index (χ1) is 8.66. The highest BCUT2D eigenvalue weighted by molar-refractivity contribution is 6.30. The molecule has 0 heterocycles. The summed E-state index contributed by atoms with van der Waals surface area (Å²) in [5, 5.41) is 0.770. The monoisotopic (exact) mass is 259 g/mol. The van der Waals surface area contributed by atoms with Crippen LogP contribution < -0.4 is 5.73 Å². The normalized spacial score (nSPS) is 14.2. The average molecular weight is 260 g/mol. The highest BCUT2D eigenvalue weighted by atomic mass is 35.5. The summed E-state index contributed by atoms with van der Waals surface area (Å²) in [6, 6.07) is 18.7. The molecule has 18 heavy (non-hydrogen) atoms. The summed E-state index contributed by atoms with van der Waals surface area (Å²) >= 11 is 5.94. The molecule has 0 spiro atoms. The molecular weight excluding hydrogens is 242 g/mol. The maximum atomic E-state index is 5.97. The molecule has 2 unspecified atom stereocenters. The van der Waals surface area contributed by atoms with Crippen LogP contribution in [-0.4, -0.2) is 6.04 Å². The largest absolute Gasteiger partial charge is 0.328 e. The lowest BCUT2D eigenvalue weighted by Gasteiger charge is -2.20. The molecule has 0 radical (unpaired) electrons. The minimum atomic E-state index is 0.172. The van der Waals surface area contributed by atoms with Crippen molar-refractivity contribution < 1.29 is 0 Å². The number of benzene rings is 2. The third-order valence-electron chi connectivity index (χ3n) is 3.08. The molecular formula is C16H18ClN. The van der Waals surface area contributed by atoms with Crippen molar-refractivity contribution >= 4 is 11.6 Å². The van der Waals surface area contributed by atoms with Gasteiger partial charge in [0, 0.05) is 17.0 Å². The Labute approximate surface area is 114 Å². The molecule has 0 fully saturated rings.